The van der Waals surface area contributed by atoms with E-state index in [-0.39, 0.29) is 0 Å². The van der Waals surface area contributed by atoms with Crippen molar-refractivity contribution >= 4 is 18.3 Å². The molecule has 0 aliphatic heterocycles. The molecule has 0 saturated carbocycles. The van der Waals surface area contributed by atoms with Gasteiger partial charge in [-0.3, -0.25) is 0 Å². The van der Waals surface area contributed by atoms with Gasteiger partial charge in [0.2, 0.25) is 0 Å². The Hall–Kier alpha value is 0.434. The summed E-state index contributed by atoms with van der Waals surface area (Å²) in [7, 11) is 1.12. The van der Waals surface area contributed by atoms with Crippen molar-refractivity contribution in [2.24, 2.45) is 0 Å². The van der Waals surface area contributed by atoms with E-state index in [4.69, 9.17) is 0 Å². The fourth-order valence-electron chi connectivity index (χ4n) is 2.79. The second kappa shape index (κ2) is 4.52. The van der Waals surface area contributed by atoms with Gasteiger partial charge in [0.15, 0.2) is 0 Å². The first-order chi connectivity index (χ1) is 6.18. The first-order valence-electron chi connectivity index (χ1n) is 6.04. The molecular weight excluding hydrogens is 200 g/mol. The zero-order chi connectivity index (χ0) is 11.6. The summed E-state index contributed by atoms with van der Waals surface area (Å²) in [5.41, 5.74) is 0. The Kier molecular flexibility index (Phi) is 4.66. The summed E-state index contributed by atoms with van der Waals surface area (Å²) in [5.74, 6) is 0. The van der Waals surface area contributed by atoms with Gasteiger partial charge in [-0.1, -0.05) is 66.6 Å². The first-order valence-corrected chi connectivity index (χ1v) is 9.36. The van der Waals surface area contributed by atoms with Gasteiger partial charge in [0.1, 0.15) is 0 Å². The largest absolute Gasteiger partial charge is 0.0678 e. The molecule has 0 aromatic rings. The lowest BCUT2D eigenvalue weighted by Gasteiger charge is -2.52. The van der Waals surface area contributed by atoms with Crippen LogP contribution in [-0.2, 0) is 0 Å². The Bertz CT molecular complexity index is 165. The van der Waals surface area contributed by atoms with E-state index in [9.17, 15) is 0 Å². The van der Waals surface area contributed by atoms with Crippen molar-refractivity contribution < 1.29 is 0 Å². The first kappa shape index (κ1) is 14.4. The third-order valence-electron chi connectivity index (χ3n) is 5.05. The van der Waals surface area contributed by atoms with E-state index in [0.717, 1.165) is 0 Å². The molecule has 0 spiro atoms. The highest BCUT2D eigenvalue weighted by Gasteiger charge is 2.49. The molecule has 0 atom stereocenters. The van der Waals surface area contributed by atoms with E-state index in [1.54, 1.807) is 0 Å². The lowest BCUT2D eigenvalue weighted by Crippen LogP contribution is -2.48. The van der Waals surface area contributed by atoms with Gasteiger partial charge in [-0.15, -0.1) is 0 Å². The molecule has 0 aromatic heterocycles. The molecule has 0 saturated heterocycles. The number of hydrogen-bond donors (Lipinski definition) is 0. The molecule has 0 aromatic carbocycles. The highest BCUT2D eigenvalue weighted by atomic mass is 28.3. The molecule has 85 valence electrons. The Morgan fingerprint density at radius 1 is 0.857 bits per heavy atom. The van der Waals surface area contributed by atoms with E-state index in [0.29, 0.717) is 10.1 Å². The van der Waals surface area contributed by atoms with Crippen LogP contribution in [0, 0.1) is 0 Å². The SMILES string of the molecule is CC[Si](CC)(CC)C(C)(C)C(C)(C)[SiH2]. The van der Waals surface area contributed by atoms with Gasteiger partial charge < -0.3 is 0 Å². The highest BCUT2D eigenvalue weighted by molar-refractivity contribution is 6.83. The number of rotatable bonds is 5. The quantitative estimate of drug-likeness (QED) is 0.623. The van der Waals surface area contributed by atoms with Crippen LogP contribution in [0.3, 0.4) is 0 Å². The summed E-state index contributed by atoms with van der Waals surface area (Å²) >= 11 is 0. The van der Waals surface area contributed by atoms with E-state index < -0.39 is 8.07 Å². The van der Waals surface area contributed by atoms with Crippen LogP contribution < -0.4 is 0 Å². The van der Waals surface area contributed by atoms with Crippen LogP contribution >= 0.6 is 0 Å². The van der Waals surface area contributed by atoms with Gasteiger partial charge in [0.05, 0.1) is 8.07 Å². The van der Waals surface area contributed by atoms with Gasteiger partial charge >= 0.3 is 0 Å². The van der Waals surface area contributed by atoms with E-state index in [1.807, 2.05) is 0 Å². The van der Waals surface area contributed by atoms with Crippen molar-refractivity contribution in [3.8, 4) is 0 Å². The predicted octanol–water partition coefficient (Wildman–Crippen LogP) is 4.11. The molecule has 0 nitrogen and oxygen atoms in total. The normalized spacial score (nSPS) is 14.6. The molecule has 0 N–H and O–H groups in total. The lowest BCUT2D eigenvalue weighted by atomic mass is 9.97. The molecule has 1 radical (unpaired) electrons. The summed E-state index contributed by atoms with van der Waals surface area (Å²) in [5, 5.41) is 1.03. The molecule has 0 unspecified atom stereocenters. The van der Waals surface area contributed by atoms with Gasteiger partial charge in [0.25, 0.3) is 0 Å². The van der Waals surface area contributed by atoms with Crippen LogP contribution in [0.4, 0.5) is 0 Å². The Balaban J connectivity index is 5.19. The van der Waals surface area contributed by atoms with Gasteiger partial charge in [-0.2, -0.15) is 0 Å². The molecule has 0 aliphatic carbocycles. The summed E-state index contributed by atoms with van der Waals surface area (Å²) in [6, 6.07) is 4.32. The molecule has 2 heteroatoms. The second-order valence-electron chi connectivity index (χ2n) is 5.85. The monoisotopic (exact) mass is 229 g/mol. The van der Waals surface area contributed by atoms with Crippen LogP contribution in [0.25, 0.3) is 0 Å². The minimum atomic E-state index is -1.07. The van der Waals surface area contributed by atoms with Crippen LogP contribution in [-0.4, -0.2) is 18.3 Å². The number of hydrogen-bond acceptors (Lipinski definition) is 0. The summed E-state index contributed by atoms with van der Waals surface area (Å²) < 4.78 is 0. The van der Waals surface area contributed by atoms with Gasteiger partial charge in [0, 0.05) is 10.2 Å². The summed E-state index contributed by atoms with van der Waals surface area (Å²) in [6.45, 7) is 17.1. The predicted molar refractivity (Wildman–Crippen MR) is 73.8 cm³/mol. The highest BCUT2D eigenvalue weighted by Crippen LogP contribution is 2.58. The molecule has 0 heterocycles. The molecule has 0 fully saturated rings. The third-order valence-corrected chi connectivity index (χ3v) is 13.7. The lowest BCUT2D eigenvalue weighted by molar-refractivity contribution is 0.473. The summed E-state index contributed by atoms with van der Waals surface area (Å²) in [4.78, 5) is 0. The van der Waals surface area contributed by atoms with Gasteiger partial charge in [-0.05, 0) is 10.1 Å². The van der Waals surface area contributed by atoms with E-state index >= 15 is 0 Å². The third kappa shape index (κ3) is 2.16. The maximum absolute atomic E-state index is 2.52. The average molecular weight is 230 g/mol. The van der Waals surface area contributed by atoms with Crippen molar-refractivity contribution in [2.45, 2.75) is 76.7 Å². The fraction of sp³-hybridized carbons (Fsp3) is 1.00. The Morgan fingerprint density at radius 3 is 1.21 bits per heavy atom. The van der Waals surface area contributed by atoms with Crippen LogP contribution in [0.15, 0.2) is 0 Å². The van der Waals surface area contributed by atoms with Crippen LogP contribution in [0.1, 0.15) is 48.5 Å². The van der Waals surface area contributed by atoms with Gasteiger partial charge in [-0.25, -0.2) is 0 Å². The minimum absolute atomic E-state index is 0.473. The topological polar surface area (TPSA) is 0 Å². The van der Waals surface area contributed by atoms with E-state index in [1.165, 1.54) is 18.1 Å². The molecule has 0 rings (SSSR count). The zero-order valence-electron chi connectivity index (χ0n) is 11.3. The maximum Gasteiger partial charge on any atom is 0.0586 e. The van der Waals surface area contributed by atoms with Crippen molar-refractivity contribution in [2.75, 3.05) is 0 Å². The molecule has 0 bridgehead atoms. The van der Waals surface area contributed by atoms with Crippen LogP contribution in [0.5, 0.6) is 0 Å². The second-order valence-corrected chi connectivity index (χ2v) is 13.5. The van der Waals surface area contributed by atoms with E-state index in [2.05, 4.69) is 58.7 Å². The molecule has 14 heavy (non-hydrogen) atoms. The maximum atomic E-state index is 2.52. The molecule has 0 amide bonds. The summed E-state index contributed by atoms with van der Waals surface area (Å²) in [6.07, 6.45) is 0. The molecule has 0 aliphatic rings. The standard InChI is InChI=1S/C12H29Si2/c1-8-14(9-2,10-3)12(6,7)11(4,5)13/h8-10,13H2,1-7H3. The average Bonchev–Trinajstić information content (AvgIpc) is 2.06. The smallest absolute Gasteiger partial charge is 0.0586 e. The van der Waals surface area contributed by atoms with Crippen molar-refractivity contribution in [3.63, 3.8) is 0 Å². The Labute approximate surface area is 95.3 Å². The Morgan fingerprint density at radius 2 is 1.14 bits per heavy atom. The van der Waals surface area contributed by atoms with Crippen molar-refractivity contribution in [1.29, 1.82) is 0 Å². The molecular formula is C12H29Si2. The zero-order valence-corrected chi connectivity index (χ0v) is 13.7. The van der Waals surface area contributed by atoms with Crippen molar-refractivity contribution in [1.82, 2.24) is 0 Å². The minimum Gasteiger partial charge on any atom is -0.0678 e. The van der Waals surface area contributed by atoms with Crippen LogP contribution in [0.2, 0.25) is 28.2 Å². The fourth-order valence-corrected chi connectivity index (χ4v) is 9.51. The van der Waals surface area contributed by atoms with Crippen molar-refractivity contribution in [3.05, 3.63) is 0 Å².